The van der Waals surface area contributed by atoms with Crippen LogP contribution in [0.5, 0.6) is 5.75 Å². The number of rotatable bonds is 5. The number of anilines is 1. The maximum absolute atomic E-state index is 9.01. The van der Waals surface area contributed by atoms with Crippen LogP contribution in [0.3, 0.4) is 0 Å². The number of hydrogen-bond donors (Lipinski definition) is 1. The van der Waals surface area contributed by atoms with Crippen molar-refractivity contribution in [2.45, 2.75) is 12.5 Å². The zero-order valence-electron chi connectivity index (χ0n) is 11.1. The van der Waals surface area contributed by atoms with Crippen molar-refractivity contribution in [2.75, 3.05) is 12.4 Å². The molecule has 1 N–H and O–H groups in total. The van der Waals surface area contributed by atoms with Crippen LogP contribution in [-0.2, 0) is 0 Å². The molecule has 0 amide bonds. The molecule has 2 rings (SSSR count). The van der Waals surface area contributed by atoms with Gasteiger partial charge in [0.1, 0.15) is 5.75 Å². The van der Waals surface area contributed by atoms with E-state index < -0.39 is 0 Å². The minimum Gasteiger partial charge on any atom is -0.497 e. The summed E-state index contributed by atoms with van der Waals surface area (Å²) in [5, 5.41) is 12.4. The Morgan fingerprint density at radius 3 is 2.65 bits per heavy atom. The van der Waals surface area contributed by atoms with Crippen LogP contribution in [0.4, 0.5) is 5.69 Å². The minimum absolute atomic E-state index is 0.0415. The van der Waals surface area contributed by atoms with E-state index >= 15 is 0 Å². The molecule has 0 bridgehead atoms. The van der Waals surface area contributed by atoms with E-state index in [1.807, 2.05) is 48.5 Å². The van der Waals surface area contributed by atoms with Gasteiger partial charge >= 0.3 is 0 Å². The molecule has 2 aromatic carbocycles. The van der Waals surface area contributed by atoms with Crippen molar-refractivity contribution in [3.63, 3.8) is 0 Å². The Bertz CT molecular complexity index is 608. The first-order valence-electron chi connectivity index (χ1n) is 6.26. The molecule has 0 saturated heterocycles. The van der Waals surface area contributed by atoms with Gasteiger partial charge in [-0.05, 0) is 17.7 Å². The van der Waals surface area contributed by atoms with Crippen LogP contribution in [0, 0.1) is 11.3 Å². The number of benzene rings is 2. The topological polar surface area (TPSA) is 45.0 Å². The van der Waals surface area contributed by atoms with Gasteiger partial charge in [-0.25, -0.2) is 0 Å². The lowest BCUT2D eigenvalue weighted by Gasteiger charge is -2.18. The van der Waals surface area contributed by atoms with Crippen molar-refractivity contribution in [1.82, 2.24) is 0 Å². The Hall–Kier alpha value is -1.99. The molecule has 0 fully saturated rings. The molecule has 20 heavy (non-hydrogen) atoms. The van der Waals surface area contributed by atoms with E-state index in [1.54, 1.807) is 7.11 Å². The molecule has 0 saturated carbocycles. The third-order valence-electron chi connectivity index (χ3n) is 2.95. The van der Waals surface area contributed by atoms with Gasteiger partial charge in [-0.3, -0.25) is 0 Å². The Morgan fingerprint density at radius 2 is 2.00 bits per heavy atom. The number of hydrogen-bond acceptors (Lipinski definition) is 3. The van der Waals surface area contributed by atoms with Crippen LogP contribution in [-0.4, -0.2) is 7.11 Å². The molecule has 0 radical (unpaired) electrons. The molecule has 4 heteroatoms. The zero-order chi connectivity index (χ0) is 14.4. The van der Waals surface area contributed by atoms with Crippen LogP contribution in [0.1, 0.15) is 18.0 Å². The van der Waals surface area contributed by atoms with E-state index in [1.165, 1.54) is 0 Å². The molecule has 2 aromatic rings. The summed E-state index contributed by atoms with van der Waals surface area (Å²) in [5.41, 5.74) is 2.01. The second-order valence-electron chi connectivity index (χ2n) is 4.35. The molecule has 1 unspecified atom stereocenters. The Balaban J connectivity index is 2.25. The van der Waals surface area contributed by atoms with Crippen LogP contribution in [0.2, 0.25) is 0 Å². The van der Waals surface area contributed by atoms with Gasteiger partial charge in [0, 0.05) is 16.2 Å². The predicted octanol–water partition coefficient (Wildman–Crippen LogP) is 4.52. The van der Waals surface area contributed by atoms with Crippen molar-refractivity contribution in [1.29, 1.82) is 5.26 Å². The number of halogens is 1. The third kappa shape index (κ3) is 3.75. The van der Waals surface area contributed by atoms with Gasteiger partial charge in [-0.15, -0.1) is 0 Å². The third-order valence-corrected chi connectivity index (χ3v) is 3.40. The molecule has 1 atom stereocenters. The Labute approximate surface area is 127 Å². The number of ether oxygens (including phenoxy) is 1. The molecule has 3 nitrogen and oxygen atoms in total. The highest BCUT2D eigenvalue weighted by Gasteiger charge is 2.11. The summed E-state index contributed by atoms with van der Waals surface area (Å²) in [4.78, 5) is 0. The highest BCUT2D eigenvalue weighted by molar-refractivity contribution is 9.10. The van der Waals surface area contributed by atoms with Crippen LogP contribution < -0.4 is 10.1 Å². The molecule has 0 aliphatic rings. The van der Waals surface area contributed by atoms with Gasteiger partial charge in [0.15, 0.2) is 0 Å². The summed E-state index contributed by atoms with van der Waals surface area (Å²) in [5.74, 6) is 0.769. The lowest BCUT2D eigenvalue weighted by molar-refractivity contribution is 0.414. The monoisotopic (exact) mass is 330 g/mol. The highest BCUT2D eigenvalue weighted by Crippen LogP contribution is 2.28. The number of methoxy groups -OCH3 is 1. The van der Waals surface area contributed by atoms with Crippen molar-refractivity contribution >= 4 is 21.6 Å². The van der Waals surface area contributed by atoms with Crippen molar-refractivity contribution in [2.24, 2.45) is 0 Å². The SMILES string of the molecule is COc1cc(Br)cc(NC(CC#N)c2ccccc2)c1. The van der Waals surface area contributed by atoms with E-state index in [-0.39, 0.29) is 6.04 Å². The van der Waals surface area contributed by atoms with Gasteiger partial charge in [0.25, 0.3) is 0 Å². The molecule has 0 aliphatic carbocycles. The normalized spacial score (nSPS) is 11.4. The van der Waals surface area contributed by atoms with Crippen LogP contribution >= 0.6 is 15.9 Å². The molecule has 0 aliphatic heterocycles. The van der Waals surface area contributed by atoms with Gasteiger partial charge in [0.05, 0.1) is 25.6 Å². The van der Waals surface area contributed by atoms with Crippen molar-refractivity contribution in [3.05, 3.63) is 58.6 Å². The van der Waals surface area contributed by atoms with Gasteiger partial charge in [0.2, 0.25) is 0 Å². The van der Waals surface area contributed by atoms with E-state index in [9.17, 15) is 0 Å². The first kappa shape index (κ1) is 14.4. The Kier molecular flexibility index (Phi) is 5.03. The maximum Gasteiger partial charge on any atom is 0.122 e. The van der Waals surface area contributed by atoms with Crippen molar-refractivity contribution < 1.29 is 4.74 Å². The smallest absolute Gasteiger partial charge is 0.122 e. The molecule has 0 heterocycles. The number of nitrogens with zero attached hydrogens (tertiary/aromatic N) is 1. The first-order valence-corrected chi connectivity index (χ1v) is 7.05. The van der Waals surface area contributed by atoms with Crippen LogP contribution in [0.15, 0.2) is 53.0 Å². The average molecular weight is 331 g/mol. The summed E-state index contributed by atoms with van der Waals surface area (Å²) < 4.78 is 6.18. The average Bonchev–Trinajstić information content (AvgIpc) is 2.47. The van der Waals surface area contributed by atoms with Crippen molar-refractivity contribution in [3.8, 4) is 11.8 Å². The Morgan fingerprint density at radius 1 is 1.25 bits per heavy atom. The molecule has 0 aromatic heterocycles. The summed E-state index contributed by atoms with van der Waals surface area (Å²) in [6, 6.07) is 17.9. The molecule has 0 spiro atoms. The van der Waals surface area contributed by atoms with Gasteiger partial charge in [-0.2, -0.15) is 5.26 Å². The quantitative estimate of drug-likeness (QED) is 0.876. The second kappa shape index (κ2) is 6.97. The standard InChI is InChI=1S/C16H15BrN2O/c1-20-15-10-13(17)9-14(11-15)19-16(7-8-18)12-5-3-2-4-6-12/h2-6,9-11,16,19H,7H2,1H3. The number of nitrogens with one attached hydrogen (secondary N) is 1. The second-order valence-corrected chi connectivity index (χ2v) is 5.27. The van der Waals surface area contributed by atoms with Gasteiger partial charge in [-0.1, -0.05) is 46.3 Å². The molecular weight excluding hydrogens is 316 g/mol. The minimum atomic E-state index is -0.0415. The fourth-order valence-corrected chi connectivity index (χ4v) is 2.47. The predicted molar refractivity (Wildman–Crippen MR) is 83.7 cm³/mol. The fourth-order valence-electron chi connectivity index (χ4n) is 1.99. The number of nitriles is 1. The first-order chi connectivity index (χ1) is 9.72. The molecular formula is C16H15BrN2O. The maximum atomic E-state index is 9.01. The van der Waals surface area contributed by atoms with E-state index in [0.29, 0.717) is 6.42 Å². The van der Waals surface area contributed by atoms with E-state index in [0.717, 1.165) is 21.5 Å². The lowest BCUT2D eigenvalue weighted by Crippen LogP contribution is -2.10. The summed E-state index contributed by atoms with van der Waals surface area (Å²) in [6.07, 6.45) is 0.402. The summed E-state index contributed by atoms with van der Waals surface area (Å²) in [7, 11) is 1.63. The van der Waals surface area contributed by atoms with E-state index in [4.69, 9.17) is 10.00 Å². The summed E-state index contributed by atoms with van der Waals surface area (Å²) in [6.45, 7) is 0. The molecule has 102 valence electrons. The van der Waals surface area contributed by atoms with Gasteiger partial charge < -0.3 is 10.1 Å². The fraction of sp³-hybridized carbons (Fsp3) is 0.188. The highest BCUT2D eigenvalue weighted by atomic mass is 79.9. The zero-order valence-corrected chi connectivity index (χ0v) is 12.7. The lowest BCUT2D eigenvalue weighted by atomic mass is 10.0. The summed E-state index contributed by atoms with van der Waals surface area (Å²) >= 11 is 3.45. The largest absolute Gasteiger partial charge is 0.497 e. The van der Waals surface area contributed by atoms with E-state index in [2.05, 4.69) is 27.3 Å². The van der Waals surface area contributed by atoms with Crippen LogP contribution in [0.25, 0.3) is 0 Å².